The van der Waals surface area contributed by atoms with E-state index in [4.69, 9.17) is 0 Å². The van der Waals surface area contributed by atoms with Gasteiger partial charge in [-0.15, -0.1) is 11.3 Å². The van der Waals surface area contributed by atoms with E-state index in [2.05, 4.69) is 39.6 Å². The summed E-state index contributed by atoms with van der Waals surface area (Å²) in [6.45, 7) is 4.72. The van der Waals surface area contributed by atoms with E-state index >= 15 is 0 Å². The van der Waals surface area contributed by atoms with Gasteiger partial charge in [-0.2, -0.15) is 0 Å². The molecular weight excluding hydrogens is 336 g/mol. The lowest BCUT2D eigenvalue weighted by molar-refractivity contribution is -0.115. The maximum atomic E-state index is 11.4. The number of anilines is 2. The molecule has 0 fully saturated rings. The number of rotatable bonds is 5. The Balaban J connectivity index is 1.99. The molecule has 0 spiro atoms. The number of carbonyl (C=O) groups is 1. The third kappa shape index (κ3) is 4.08. The molecule has 0 saturated carbocycles. The number of nitrogens with one attached hydrogen (secondary N) is 2. The summed E-state index contributed by atoms with van der Waals surface area (Å²) in [5.41, 5.74) is 1.83. The topological polar surface area (TPSA) is 41.1 Å². The fourth-order valence-corrected chi connectivity index (χ4v) is 3.29. The standard InChI is InChI=1S/C15H17BrN2OS/c1-3-15(19)18-12-6-4-5-11(7-12)17-9-13-8-14(16)10(2)20-13/h4-8,17H,3,9H2,1-2H3,(H,18,19). The van der Waals surface area contributed by atoms with Crippen molar-refractivity contribution >= 4 is 44.5 Å². The molecule has 0 radical (unpaired) electrons. The maximum Gasteiger partial charge on any atom is 0.224 e. The molecule has 2 aromatic rings. The summed E-state index contributed by atoms with van der Waals surface area (Å²) in [6, 6.07) is 9.91. The predicted molar refractivity (Wildman–Crippen MR) is 89.4 cm³/mol. The summed E-state index contributed by atoms with van der Waals surface area (Å²) >= 11 is 5.30. The zero-order valence-corrected chi connectivity index (χ0v) is 13.9. The molecule has 106 valence electrons. The normalized spacial score (nSPS) is 10.3. The molecule has 0 bridgehead atoms. The van der Waals surface area contributed by atoms with Crippen molar-refractivity contribution < 1.29 is 4.79 Å². The van der Waals surface area contributed by atoms with Crippen molar-refractivity contribution in [2.24, 2.45) is 0 Å². The van der Waals surface area contributed by atoms with Crippen LogP contribution < -0.4 is 10.6 Å². The van der Waals surface area contributed by atoms with Crippen LogP contribution >= 0.6 is 27.3 Å². The van der Waals surface area contributed by atoms with E-state index in [0.29, 0.717) is 6.42 Å². The van der Waals surface area contributed by atoms with Crippen LogP contribution in [0, 0.1) is 6.92 Å². The van der Waals surface area contributed by atoms with E-state index in [9.17, 15) is 4.79 Å². The van der Waals surface area contributed by atoms with Gasteiger partial charge in [-0.3, -0.25) is 4.79 Å². The molecule has 0 atom stereocenters. The molecule has 3 nitrogen and oxygen atoms in total. The van der Waals surface area contributed by atoms with E-state index in [1.165, 1.54) is 9.75 Å². The average molecular weight is 353 g/mol. The van der Waals surface area contributed by atoms with E-state index in [1.54, 1.807) is 11.3 Å². The molecule has 1 aromatic carbocycles. The first-order chi connectivity index (χ1) is 9.58. The summed E-state index contributed by atoms with van der Waals surface area (Å²) < 4.78 is 1.16. The highest BCUT2D eigenvalue weighted by atomic mass is 79.9. The second-order valence-electron chi connectivity index (χ2n) is 4.45. The fraction of sp³-hybridized carbons (Fsp3) is 0.267. The van der Waals surface area contributed by atoms with Crippen molar-refractivity contribution in [2.45, 2.75) is 26.8 Å². The minimum Gasteiger partial charge on any atom is -0.380 e. The molecule has 20 heavy (non-hydrogen) atoms. The van der Waals surface area contributed by atoms with Crippen LogP contribution in [-0.2, 0) is 11.3 Å². The highest BCUT2D eigenvalue weighted by molar-refractivity contribution is 9.10. The van der Waals surface area contributed by atoms with Gasteiger partial charge in [0.15, 0.2) is 0 Å². The molecule has 1 aromatic heterocycles. The van der Waals surface area contributed by atoms with Gasteiger partial charge in [0, 0.05) is 38.6 Å². The molecule has 2 rings (SSSR count). The smallest absolute Gasteiger partial charge is 0.224 e. The lowest BCUT2D eigenvalue weighted by atomic mass is 10.2. The first-order valence-corrected chi connectivity index (χ1v) is 8.08. The number of hydrogen-bond donors (Lipinski definition) is 2. The predicted octanol–water partition coefficient (Wildman–Crippen LogP) is 4.78. The average Bonchev–Trinajstić information content (AvgIpc) is 2.76. The molecule has 1 heterocycles. The van der Waals surface area contributed by atoms with Gasteiger partial charge >= 0.3 is 0 Å². The molecule has 0 aliphatic carbocycles. The van der Waals surface area contributed by atoms with Gasteiger partial charge < -0.3 is 10.6 Å². The lowest BCUT2D eigenvalue weighted by Crippen LogP contribution is -2.09. The van der Waals surface area contributed by atoms with Crippen LogP contribution in [0.4, 0.5) is 11.4 Å². The number of carbonyl (C=O) groups excluding carboxylic acids is 1. The highest BCUT2D eigenvalue weighted by Crippen LogP contribution is 2.27. The molecule has 2 N–H and O–H groups in total. The van der Waals surface area contributed by atoms with E-state index in [1.807, 2.05) is 31.2 Å². The molecule has 0 aliphatic rings. The summed E-state index contributed by atoms with van der Waals surface area (Å²) in [6.07, 6.45) is 0.486. The zero-order chi connectivity index (χ0) is 14.5. The lowest BCUT2D eigenvalue weighted by Gasteiger charge is -2.08. The Bertz CT molecular complexity index is 590. The van der Waals surface area contributed by atoms with Crippen molar-refractivity contribution in [3.05, 3.63) is 44.6 Å². The van der Waals surface area contributed by atoms with Crippen LogP contribution in [0.5, 0.6) is 0 Å². The number of aryl methyl sites for hydroxylation is 1. The van der Waals surface area contributed by atoms with Crippen LogP contribution in [0.3, 0.4) is 0 Å². The Kier molecular flexibility index (Phi) is 5.20. The van der Waals surface area contributed by atoms with Gasteiger partial charge in [-0.05, 0) is 47.1 Å². The van der Waals surface area contributed by atoms with Gasteiger partial charge in [0.25, 0.3) is 0 Å². The highest BCUT2D eigenvalue weighted by Gasteiger charge is 2.03. The maximum absolute atomic E-state index is 11.4. The number of amides is 1. The van der Waals surface area contributed by atoms with Gasteiger partial charge in [0.2, 0.25) is 5.91 Å². The molecule has 0 unspecified atom stereocenters. The minimum absolute atomic E-state index is 0.0277. The van der Waals surface area contributed by atoms with Crippen LogP contribution in [0.25, 0.3) is 0 Å². The van der Waals surface area contributed by atoms with Crippen molar-refractivity contribution in [2.75, 3.05) is 10.6 Å². The summed E-state index contributed by atoms with van der Waals surface area (Å²) in [4.78, 5) is 13.9. The SMILES string of the molecule is CCC(=O)Nc1cccc(NCc2cc(Br)c(C)s2)c1. The second-order valence-corrected chi connectivity index (χ2v) is 6.65. The van der Waals surface area contributed by atoms with E-state index < -0.39 is 0 Å². The monoisotopic (exact) mass is 352 g/mol. The Labute approximate surface area is 131 Å². The largest absolute Gasteiger partial charge is 0.380 e. The molecular formula is C15H17BrN2OS. The van der Waals surface area contributed by atoms with Crippen molar-refractivity contribution in [1.82, 2.24) is 0 Å². The summed E-state index contributed by atoms with van der Waals surface area (Å²) in [7, 11) is 0. The zero-order valence-electron chi connectivity index (χ0n) is 11.5. The summed E-state index contributed by atoms with van der Waals surface area (Å²) in [5.74, 6) is 0.0277. The van der Waals surface area contributed by atoms with Crippen LogP contribution in [0.2, 0.25) is 0 Å². The number of benzene rings is 1. The fourth-order valence-electron chi connectivity index (χ4n) is 1.75. The van der Waals surface area contributed by atoms with Crippen molar-refractivity contribution in [3.8, 4) is 0 Å². The Morgan fingerprint density at radius 3 is 2.70 bits per heavy atom. The summed E-state index contributed by atoms with van der Waals surface area (Å²) in [5, 5.41) is 6.23. The third-order valence-electron chi connectivity index (χ3n) is 2.84. The first-order valence-electron chi connectivity index (χ1n) is 6.47. The number of halogens is 1. The molecule has 5 heteroatoms. The number of thiophene rings is 1. The second kappa shape index (κ2) is 6.90. The van der Waals surface area contributed by atoms with Gasteiger partial charge in [0.05, 0.1) is 0 Å². The van der Waals surface area contributed by atoms with E-state index in [0.717, 1.165) is 22.4 Å². The van der Waals surface area contributed by atoms with Gasteiger partial charge in [-0.25, -0.2) is 0 Å². The van der Waals surface area contributed by atoms with Gasteiger partial charge in [0.1, 0.15) is 0 Å². The Hall–Kier alpha value is -1.33. The Morgan fingerprint density at radius 1 is 1.30 bits per heavy atom. The molecule has 0 saturated heterocycles. The van der Waals surface area contributed by atoms with Gasteiger partial charge in [-0.1, -0.05) is 13.0 Å². The quantitative estimate of drug-likeness (QED) is 0.812. The van der Waals surface area contributed by atoms with Crippen LogP contribution in [0.1, 0.15) is 23.1 Å². The van der Waals surface area contributed by atoms with Crippen LogP contribution in [0.15, 0.2) is 34.8 Å². The van der Waals surface area contributed by atoms with E-state index in [-0.39, 0.29) is 5.91 Å². The third-order valence-corrected chi connectivity index (χ3v) is 4.98. The minimum atomic E-state index is 0.0277. The van der Waals surface area contributed by atoms with Crippen LogP contribution in [-0.4, -0.2) is 5.91 Å². The molecule has 0 aliphatic heterocycles. The Morgan fingerprint density at radius 2 is 2.05 bits per heavy atom. The first kappa shape index (κ1) is 15.1. The van der Waals surface area contributed by atoms with Crippen molar-refractivity contribution in [1.29, 1.82) is 0 Å². The van der Waals surface area contributed by atoms with Crippen molar-refractivity contribution in [3.63, 3.8) is 0 Å². The number of hydrogen-bond acceptors (Lipinski definition) is 3. The molecule has 1 amide bonds.